The van der Waals surface area contributed by atoms with Crippen molar-refractivity contribution in [2.45, 2.75) is 39.3 Å². The van der Waals surface area contributed by atoms with E-state index in [4.69, 9.17) is 9.47 Å². The summed E-state index contributed by atoms with van der Waals surface area (Å²) in [6, 6.07) is 11.2. The van der Waals surface area contributed by atoms with Gasteiger partial charge in [0.15, 0.2) is 0 Å². The number of aromatic nitrogens is 1. The first kappa shape index (κ1) is 19.6. The van der Waals surface area contributed by atoms with E-state index in [-0.39, 0.29) is 12.1 Å². The molecule has 2 aromatic rings. The topological polar surface area (TPSA) is 72.5 Å². The molecular formula is C20H27N3O3. The number of carbonyl (C=O) groups excluding carboxylic acids is 1. The lowest BCUT2D eigenvalue weighted by atomic mass is 10.0. The second-order valence-electron chi connectivity index (χ2n) is 5.91. The van der Waals surface area contributed by atoms with Crippen LogP contribution in [0.3, 0.4) is 0 Å². The van der Waals surface area contributed by atoms with Crippen LogP contribution >= 0.6 is 0 Å². The van der Waals surface area contributed by atoms with Gasteiger partial charge in [-0.05, 0) is 36.1 Å². The normalized spacial score (nSPS) is 11.5. The molecule has 1 unspecified atom stereocenters. The first-order valence-electron chi connectivity index (χ1n) is 8.92. The number of rotatable bonds is 9. The number of ether oxygens (including phenoxy) is 2. The van der Waals surface area contributed by atoms with Crippen LogP contribution in [0.4, 0.5) is 4.79 Å². The number of methoxy groups -OCH3 is 1. The number of nitrogens with one attached hydrogen (secondary N) is 2. The van der Waals surface area contributed by atoms with Crippen LogP contribution in [-0.4, -0.2) is 24.7 Å². The zero-order valence-corrected chi connectivity index (χ0v) is 15.6. The molecule has 0 saturated heterocycles. The molecule has 0 spiro atoms. The highest BCUT2D eigenvalue weighted by molar-refractivity contribution is 5.74. The van der Waals surface area contributed by atoms with Crippen molar-refractivity contribution in [3.8, 4) is 11.6 Å². The second-order valence-corrected chi connectivity index (χ2v) is 5.91. The lowest BCUT2D eigenvalue weighted by molar-refractivity contribution is 0.236. The number of hydrogen-bond acceptors (Lipinski definition) is 4. The van der Waals surface area contributed by atoms with Gasteiger partial charge in [0.25, 0.3) is 0 Å². The molecule has 0 bridgehead atoms. The van der Waals surface area contributed by atoms with Crippen LogP contribution in [0.1, 0.15) is 43.9 Å². The fraction of sp³-hybridized carbons (Fsp3) is 0.400. The molecule has 1 aromatic heterocycles. The van der Waals surface area contributed by atoms with Crippen LogP contribution in [0.5, 0.6) is 11.6 Å². The average molecular weight is 357 g/mol. The fourth-order valence-corrected chi connectivity index (χ4v) is 2.46. The summed E-state index contributed by atoms with van der Waals surface area (Å²) in [6.45, 7) is 5.14. The van der Waals surface area contributed by atoms with Gasteiger partial charge in [0.1, 0.15) is 5.75 Å². The number of benzene rings is 1. The lowest BCUT2D eigenvalue weighted by Gasteiger charge is -2.18. The summed E-state index contributed by atoms with van der Waals surface area (Å²) in [5.74, 6) is 1.40. The molecule has 0 saturated carbocycles. The van der Waals surface area contributed by atoms with Crippen LogP contribution in [0.2, 0.25) is 0 Å². The van der Waals surface area contributed by atoms with E-state index >= 15 is 0 Å². The summed E-state index contributed by atoms with van der Waals surface area (Å²) in [5, 5.41) is 5.86. The molecule has 26 heavy (non-hydrogen) atoms. The molecule has 1 atom stereocenters. The molecule has 1 heterocycles. The smallest absolute Gasteiger partial charge is 0.315 e. The number of amides is 2. The number of hydrogen-bond donors (Lipinski definition) is 2. The molecule has 0 radical (unpaired) electrons. The molecule has 0 aliphatic carbocycles. The Morgan fingerprint density at radius 2 is 1.92 bits per heavy atom. The summed E-state index contributed by atoms with van der Waals surface area (Å²) >= 11 is 0. The van der Waals surface area contributed by atoms with Gasteiger partial charge in [-0.25, -0.2) is 9.78 Å². The Bertz CT molecular complexity index is 672. The van der Waals surface area contributed by atoms with Gasteiger partial charge in [0.05, 0.1) is 19.8 Å². The van der Waals surface area contributed by atoms with E-state index in [2.05, 4.69) is 15.6 Å². The summed E-state index contributed by atoms with van der Waals surface area (Å²) in [4.78, 5) is 16.4. The van der Waals surface area contributed by atoms with Crippen molar-refractivity contribution in [2.75, 3.05) is 13.7 Å². The van der Waals surface area contributed by atoms with Crippen molar-refractivity contribution in [1.29, 1.82) is 0 Å². The maximum atomic E-state index is 12.2. The van der Waals surface area contributed by atoms with E-state index in [0.717, 1.165) is 29.7 Å². The SMILES string of the molecule is CCCOc1ccc(CNC(=O)NC(CC)c2ccc(OC)cc2)cn1. The Labute approximate surface area is 154 Å². The fourth-order valence-electron chi connectivity index (χ4n) is 2.46. The monoisotopic (exact) mass is 357 g/mol. The predicted octanol–water partition coefficient (Wildman–Crippen LogP) is 3.83. The maximum absolute atomic E-state index is 12.2. The summed E-state index contributed by atoms with van der Waals surface area (Å²) in [7, 11) is 1.63. The Morgan fingerprint density at radius 3 is 2.50 bits per heavy atom. The van der Waals surface area contributed by atoms with E-state index in [1.54, 1.807) is 13.3 Å². The Kier molecular flexibility index (Phi) is 7.74. The third kappa shape index (κ3) is 5.95. The molecule has 1 aromatic carbocycles. The molecule has 0 aliphatic heterocycles. The molecule has 140 valence electrons. The molecular weight excluding hydrogens is 330 g/mol. The van der Waals surface area contributed by atoms with E-state index in [0.29, 0.717) is 19.0 Å². The van der Waals surface area contributed by atoms with Crippen LogP contribution in [0.25, 0.3) is 0 Å². The van der Waals surface area contributed by atoms with Gasteiger partial charge in [0.2, 0.25) is 5.88 Å². The molecule has 2 amide bonds. The summed E-state index contributed by atoms with van der Waals surface area (Å²) in [6.07, 6.45) is 3.45. The minimum absolute atomic E-state index is 0.0520. The van der Waals surface area contributed by atoms with Gasteiger partial charge >= 0.3 is 6.03 Å². The van der Waals surface area contributed by atoms with Crippen molar-refractivity contribution in [2.24, 2.45) is 0 Å². The van der Waals surface area contributed by atoms with Gasteiger partial charge in [-0.1, -0.05) is 32.0 Å². The Hall–Kier alpha value is -2.76. The zero-order chi connectivity index (χ0) is 18.8. The molecule has 0 aliphatic rings. The van der Waals surface area contributed by atoms with Gasteiger partial charge in [-0.3, -0.25) is 0 Å². The Morgan fingerprint density at radius 1 is 1.15 bits per heavy atom. The van der Waals surface area contributed by atoms with E-state index in [9.17, 15) is 4.79 Å². The number of urea groups is 1. The molecule has 2 rings (SSSR count). The second kappa shape index (κ2) is 10.3. The van der Waals surface area contributed by atoms with Crippen LogP contribution in [0.15, 0.2) is 42.6 Å². The third-order valence-electron chi connectivity index (χ3n) is 3.94. The summed E-state index contributed by atoms with van der Waals surface area (Å²) < 4.78 is 10.6. The van der Waals surface area contributed by atoms with Crippen molar-refractivity contribution in [3.63, 3.8) is 0 Å². The van der Waals surface area contributed by atoms with Crippen LogP contribution < -0.4 is 20.1 Å². The van der Waals surface area contributed by atoms with Gasteiger partial charge in [-0.15, -0.1) is 0 Å². The maximum Gasteiger partial charge on any atom is 0.315 e. The summed E-state index contributed by atoms with van der Waals surface area (Å²) in [5.41, 5.74) is 1.96. The first-order chi connectivity index (χ1) is 12.7. The van der Waals surface area contributed by atoms with Crippen molar-refractivity contribution in [3.05, 3.63) is 53.7 Å². The largest absolute Gasteiger partial charge is 0.497 e. The molecule has 0 fully saturated rings. The standard InChI is InChI=1S/C20H27N3O3/c1-4-12-26-19-11-6-15(13-21-19)14-22-20(24)23-18(5-2)16-7-9-17(25-3)10-8-16/h6-11,13,18H,4-5,12,14H2,1-3H3,(H2,22,23,24). The highest BCUT2D eigenvalue weighted by Gasteiger charge is 2.12. The molecule has 6 nitrogen and oxygen atoms in total. The predicted molar refractivity (Wildman–Crippen MR) is 101 cm³/mol. The van der Waals surface area contributed by atoms with Crippen LogP contribution in [-0.2, 0) is 6.54 Å². The average Bonchev–Trinajstić information content (AvgIpc) is 2.69. The van der Waals surface area contributed by atoms with Crippen molar-refractivity contribution >= 4 is 6.03 Å². The first-order valence-corrected chi connectivity index (χ1v) is 8.92. The Balaban J connectivity index is 1.84. The van der Waals surface area contributed by atoms with E-state index in [1.165, 1.54) is 0 Å². The van der Waals surface area contributed by atoms with E-state index < -0.39 is 0 Å². The number of carbonyl (C=O) groups is 1. The zero-order valence-electron chi connectivity index (χ0n) is 15.6. The quantitative estimate of drug-likeness (QED) is 0.715. The van der Waals surface area contributed by atoms with Gasteiger partial charge in [-0.2, -0.15) is 0 Å². The van der Waals surface area contributed by atoms with Crippen molar-refractivity contribution < 1.29 is 14.3 Å². The van der Waals surface area contributed by atoms with Crippen molar-refractivity contribution in [1.82, 2.24) is 15.6 Å². The minimum atomic E-state index is -0.209. The van der Waals surface area contributed by atoms with Gasteiger partial charge in [0, 0.05) is 18.8 Å². The lowest BCUT2D eigenvalue weighted by Crippen LogP contribution is -2.37. The molecule has 2 N–H and O–H groups in total. The molecule has 6 heteroatoms. The highest BCUT2D eigenvalue weighted by Crippen LogP contribution is 2.20. The van der Waals surface area contributed by atoms with Gasteiger partial charge < -0.3 is 20.1 Å². The number of pyridine rings is 1. The van der Waals surface area contributed by atoms with Crippen LogP contribution in [0, 0.1) is 0 Å². The number of nitrogens with zero attached hydrogens (tertiary/aromatic N) is 1. The third-order valence-corrected chi connectivity index (χ3v) is 3.94. The van der Waals surface area contributed by atoms with E-state index in [1.807, 2.05) is 50.2 Å². The highest BCUT2D eigenvalue weighted by atomic mass is 16.5. The minimum Gasteiger partial charge on any atom is -0.497 e.